The topological polar surface area (TPSA) is 120 Å². The third kappa shape index (κ3) is 5.80. The Morgan fingerprint density at radius 1 is 0.862 bits per heavy atom. The Balaban J connectivity index is 2.10. The van der Waals surface area contributed by atoms with E-state index in [1.54, 1.807) is 18.2 Å². The number of carbonyl (C=O) groups excluding carboxylic acids is 4. The van der Waals surface area contributed by atoms with E-state index >= 15 is 0 Å². The third-order valence-corrected chi connectivity index (χ3v) is 3.75. The van der Waals surface area contributed by atoms with Crippen molar-refractivity contribution in [3.8, 4) is 5.75 Å². The lowest BCUT2D eigenvalue weighted by molar-refractivity contribution is -0.118. The molecule has 0 unspecified atom stereocenters. The summed E-state index contributed by atoms with van der Waals surface area (Å²) >= 11 is 0. The van der Waals surface area contributed by atoms with Crippen molar-refractivity contribution in [2.75, 3.05) is 33.2 Å². The van der Waals surface area contributed by atoms with Crippen molar-refractivity contribution in [3.63, 3.8) is 0 Å². The van der Waals surface area contributed by atoms with Crippen molar-refractivity contribution >= 4 is 29.4 Å². The number of ether oxygens (including phenoxy) is 3. The molecule has 2 amide bonds. The van der Waals surface area contributed by atoms with Gasteiger partial charge in [0.15, 0.2) is 6.61 Å². The lowest BCUT2D eigenvalue weighted by atomic mass is 10.1. The zero-order valence-corrected chi connectivity index (χ0v) is 16.1. The summed E-state index contributed by atoms with van der Waals surface area (Å²) in [4.78, 5) is 47.4. The maximum Gasteiger partial charge on any atom is 0.338 e. The van der Waals surface area contributed by atoms with Crippen LogP contribution in [0.5, 0.6) is 5.75 Å². The second-order valence-corrected chi connectivity index (χ2v) is 5.73. The van der Waals surface area contributed by atoms with Gasteiger partial charge in [-0.15, -0.1) is 0 Å². The predicted octanol–water partition coefficient (Wildman–Crippen LogP) is 1.64. The zero-order valence-electron chi connectivity index (χ0n) is 16.1. The van der Waals surface area contributed by atoms with Crippen LogP contribution in [0.15, 0.2) is 42.5 Å². The molecule has 0 aliphatic heterocycles. The number of amides is 2. The van der Waals surface area contributed by atoms with E-state index in [1.807, 2.05) is 0 Å². The number of anilines is 1. The van der Waals surface area contributed by atoms with E-state index in [9.17, 15) is 19.2 Å². The van der Waals surface area contributed by atoms with Crippen LogP contribution in [0, 0.1) is 0 Å². The average molecular weight is 400 g/mol. The number of hydrogen-bond acceptors (Lipinski definition) is 7. The second-order valence-electron chi connectivity index (χ2n) is 5.73. The van der Waals surface area contributed by atoms with Crippen LogP contribution in [-0.2, 0) is 14.3 Å². The molecule has 0 radical (unpaired) electrons. The molecule has 2 aromatic carbocycles. The van der Waals surface area contributed by atoms with Crippen LogP contribution in [0.3, 0.4) is 0 Å². The Bertz CT molecular complexity index is 906. The SMILES string of the molecule is CNC(=O)c1cccc(NC(=O)COc2cc(C(=O)OC)cc(C(=O)OC)c2)c1. The first-order valence-electron chi connectivity index (χ1n) is 8.44. The van der Waals surface area contributed by atoms with Gasteiger partial charge >= 0.3 is 11.9 Å². The van der Waals surface area contributed by atoms with Crippen LogP contribution in [0.2, 0.25) is 0 Å². The number of carbonyl (C=O) groups is 4. The highest BCUT2D eigenvalue weighted by molar-refractivity contribution is 5.98. The molecule has 0 saturated carbocycles. The highest BCUT2D eigenvalue weighted by atomic mass is 16.5. The molecule has 0 atom stereocenters. The van der Waals surface area contributed by atoms with Crippen LogP contribution in [-0.4, -0.2) is 51.6 Å². The Morgan fingerprint density at radius 2 is 1.48 bits per heavy atom. The molecule has 0 aliphatic rings. The van der Waals surface area contributed by atoms with Crippen LogP contribution >= 0.6 is 0 Å². The van der Waals surface area contributed by atoms with Crippen LogP contribution in [0.25, 0.3) is 0 Å². The number of nitrogens with one attached hydrogen (secondary N) is 2. The summed E-state index contributed by atoms with van der Waals surface area (Å²) in [6.07, 6.45) is 0. The summed E-state index contributed by atoms with van der Waals surface area (Å²) in [6.45, 7) is -0.393. The van der Waals surface area contributed by atoms with Gasteiger partial charge in [-0.2, -0.15) is 0 Å². The number of rotatable bonds is 7. The Morgan fingerprint density at radius 3 is 2.03 bits per heavy atom. The summed E-state index contributed by atoms with van der Waals surface area (Å²) in [5, 5.41) is 5.10. The Kier molecular flexibility index (Phi) is 7.30. The van der Waals surface area contributed by atoms with E-state index in [4.69, 9.17) is 4.74 Å². The van der Waals surface area contributed by atoms with E-state index in [0.29, 0.717) is 11.3 Å². The molecule has 2 rings (SSSR count). The maximum atomic E-state index is 12.2. The molecule has 0 bridgehead atoms. The lowest BCUT2D eigenvalue weighted by Crippen LogP contribution is -2.21. The largest absolute Gasteiger partial charge is 0.484 e. The van der Waals surface area contributed by atoms with Gasteiger partial charge in [-0.1, -0.05) is 6.07 Å². The minimum atomic E-state index is -0.670. The van der Waals surface area contributed by atoms with Crippen LogP contribution < -0.4 is 15.4 Å². The summed E-state index contributed by atoms with van der Waals surface area (Å²) in [7, 11) is 3.91. The molecular formula is C20H20N2O7. The standard InChI is InChI=1S/C20H20N2O7/c1-21-18(24)12-5-4-6-15(8-12)22-17(23)11-29-16-9-13(19(25)27-2)7-14(10-16)20(26)28-3/h4-10H,11H2,1-3H3,(H,21,24)(H,22,23). The molecule has 2 aromatic rings. The molecule has 2 N–H and O–H groups in total. The first kappa shape index (κ1) is 21.4. The fraction of sp³-hybridized carbons (Fsp3) is 0.200. The highest BCUT2D eigenvalue weighted by Gasteiger charge is 2.15. The van der Waals surface area contributed by atoms with E-state index in [2.05, 4.69) is 20.1 Å². The Labute approximate surface area is 166 Å². The summed E-state index contributed by atoms with van der Waals surface area (Å²) in [5.41, 5.74) is 0.950. The molecule has 0 aliphatic carbocycles. The molecule has 0 spiro atoms. The smallest absolute Gasteiger partial charge is 0.338 e. The molecule has 0 heterocycles. The van der Waals surface area contributed by atoms with E-state index in [1.165, 1.54) is 45.5 Å². The molecule has 0 saturated heterocycles. The number of hydrogen-bond donors (Lipinski definition) is 2. The first-order valence-corrected chi connectivity index (χ1v) is 8.44. The summed E-state index contributed by atoms with van der Waals surface area (Å²) in [5.74, 6) is -2.01. The normalized spacial score (nSPS) is 9.90. The molecule has 9 heteroatoms. The lowest BCUT2D eigenvalue weighted by Gasteiger charge is -2.11. The minimum Gasteiger partial charge on any atom is -0.484 e. The van der Waals surface area contributed by atoms with Gasteiger partial charge in [-0.25, -0.2) is 9.59 Å². The van der Waals surface area contributed by atoms with Gasteiger partial charge in [-0.05, 0) is 36.4 Å². The average Bonchev–Trinajstić information content (AvgIpc) is 2.75. The minimum absolute atomic E-state index is 0.0732. The first-order chi connectivity index (χ1) is 13.9. The van der Waals surface area contributed by atoms with Crippen LogP contribution in [0.1, 0.15) is 31.1 Å². The molecule has 0 aromatic heterocycles. The number of benzene rings is 2. The second kappa shape index (κ2) is 9.88. The monoisotopic (exact) mass is 400 g/mol. The molecule has 29 heavy (non-hydrogen) atoms. The van der Waals surface area contributed by atoms with Gasteiger partial charge in [0.1, 0.15) is 5.75 Å². The summed E-state index contributed by atoms with van der Waals surface area (Å²) < 4.78 is 14.7. The van der Waals surface area contributed by atoms with Crippen molar-refractivity contribution in [1.29, 1.82) is 0 Å². The van der Waals surface area contributed by atoms with Gasteiger partial charge in [0.05, 0.1) is 25.3 Å². The van der Waals surface area contributed by atoms with Crippen molar-refractivity contribution in [1.82, 2.24) is 5.32 Å². The van der Waals surface area contributed by atoms with Gasteiger partial charge in [0, 0.05) is 18.3 Å². The van der Waals surface area contributed by atoms with Gasteiger partial charge in [0.2, 0.25) is 0 Å². The number of methoxy groups -OCH3 is 2. The highest BCUT2D eigenvalue weighted by Crippen LogP contribution is 2.19. The maximum absolute atomic E-state index is 12.2. The van der Waals surface area contributed by atoms with Gasteiger partial charge in [-0.3, -0.25) is 9.59 Å². The van der Waals surface area contributed by atoms with E-state index < -0.39 is 24.5 Å². The van der Waals surface area contributed by atoms with Crippen molar-refractivity contribution < 1.29 is 33.4 Å². The molecular weight excluding hydrogens is 380 g/mol. The third-order valence-electron chi connectivity index (χ3n) is 3.75. The van der Waals surface area contributed by atoms with Crippen molar-refractivity contribution in [3.05, 3.63) is 59.2 Å². The zero-order chi connectivity index (χ0) is 21.4. The summed E-state index contributed by atoms with van der Waals surface area (Å²) in [6, 6.07) is 10.4. The van der Waals surface area contributed by atoms with Gasteiger partial charge in [0.25, 0.3) is 11.8 Å². The predicted molar refractivity (Wildman–Crippen MR) is 103 cm³/mol. The van der Waals surface area contributed by atoms with Crippen molar-refractivity contribution in [2.24, 2.45) is 0 Å². The van der Waals surface area contributed by atoms with Crippen molar-refractivity contribution in [2.45, 2.75) is 0 Å². The fourth-order valence-corrected chi connectivity index (χ4v) is 2.38. The molecule has 0 fully saturated rings. The van der Waals surface area contributed by atoms with Crippen LogP contribution in [0.4, 0.5) is 5.69 Å². The van der Waals surface area contributed by atoms with E-state index in [-0.39, 0.29) is 22.8 Å². The Hall–Kier alpha value is -3.88. The number of esters is 2. The fourth-order valence-electron chi connectivity index (χ4n) is 2.38. The van der Waals surface area contributed by atoms with E-state index in [0.717, 1.165) is 0 Å². The van der Waals surface area contributed by atoms with Gasteiger partial charge < -0.3 is 24.8 Å². The quantitative estimate of drug-likeness (QED) is 0.678. The molecule has 152 valence electrons. The molecule has 9 nitrogen and oxygen atoms in total.